The van der Waals surface area contributed by atoms with E-state index in [4.69, 9.17) is 9.47 Å². The third-order valence-electron chi connectivity index (χ3n) is 4.99. The van der Waals surface area contributed by atoms with Crippen LogP contribution in [0.4, 0.5) is 5.69 Å². The van der Waals surface area contributed by atoms with Crippen LogP contribution in [0.1, 0.15) is 38.3 Å². The molecule has 3 aromatic rings. The molecule has 1 fully saturated rings. The number of rotatable bonds is 7. The van der Waals surface area contributed by atoms with Crippen LogP contribution < -0.4 is 10.1 Å². The van der Waals surface area contributed by atoms with Gasteiger partial charge in [-0.25, -0.2) is 4.98 Å². The fraction of sp³-hybridized carbons (Fsp3) is 0.364. The van der Waals surface area contributed by atoms with Gasteiger partial charge in [0.05, 0.1) is 11.8 Å². The lowest BCUT2D eigenvalue weighted by molar-refractivity contribution is -0.129. The van der Waals surface area contributed by atoms with E-state index < -0.39 is 6.10 Å². The molecule has 6 heteroatoms. The van der Waals surface area contributed by atoms with Crippen molar-refractivity contribution in [2.75, 3.05) is 5.32 Å². The topological polar surface area (TPSA) is 64.9 Å². The van der Waals surface area contributed by atoms with Crippen LogP contribution in [0.25, 0.3) is 5.65 Å². The molecule has 2 aromatic heterocycles. The molecule has 6 nitrogen and oxygen atoms in total. The highest BCUT2D eigenvalue weighted by Gasteiger charge is 2.22. The third-order valence-corrected chi connectivity index (χ3v) is 4.99. The lowest BCUT2D eigenvalue weighted by Gasteiger charge is -2.18. The van der Waals surface area contributed by atoms with Crippen molar-refractivity contribution >= 4 is 17.2 Å². The van der Waals surface area contributed by atoms with E-state index in [0.29, 0.717) is 6.61 Å². The zero-order valence-corrected chi connectivity index (χ0v) is 16.0. The number of aromatic nitrogens is 2. The highest BCUT2D eigenvalue weighted by molar-refractivity contribution is 5.93. The molecule has 146 valence electrons. The largest absolute Gasteiger partial charge is 0.487 e. The van der Waals surface area contributed by atoms with Gasteiger partial charge in [-0.05, 0) is 56.2 Å². The highest BCUT2D eigenvalue weighted by Crippen LogP contribution is 2.23. The number of nitrogens with zero attached hydrogens (tertiary/aromatic N) is 2. The molecule has 1 N–H and O–H groups in total. The maximum Gasteiger partial charge on any atom is 0.253 e. The number of amides is 1. The van der Waals surface area contributed by atoms with Crippen molar-refractivity contribution in [1.29, 1.82) is 0 Å². The van der Waals surface area contributed by atoms with Crippen LogP contribution >= 0.6 is 0 Å². The molecule has 0 spiro atoms. The Bertz CT molecular complexity index is 897. The number of benzene rings is 1. The van der Waals surface area contributed by atoms with Crippen molar-refractivity contribution in [2.24, 2.45) is 0 Å². The number of imidazole rings is 1. The lowest BCUT2D eigenvalue weighted by atomic mass is 10.2. The summed E-state index contributed by atoms with van der Waals surface area (Å²) < 4.78 is 13.6. The fourth-order valence-electron chi connectivity index (χ4n) is 3.47. The summed E-state index contributed by atoms with van der Waals surface area (Å²) in [4.78, 5) is 16.8. The average molecular weight is 379 g/mol. The number of nitrogens with one attached hydrogen (secondary N) is 1. The summed E-state index contributed by atoms with van der Waals surface area (Å²) in [5, 5.41) is 2.90. The Morgan fingerprint density at radius 2 is 2.00 bits per heavy atom. The van der Waals surface area contributed by atoms with Crippen molar-refractivity contribution in [1.82, 2.24) is 9.38 Å². The highest BCUT2D eigenvalue weighted by atomic mass is 16.5. The summed E-state index contributed by atoms with van der Waals surface area (Å²) in [7, 11) is 0. The summed E-state index contributed by atoms with van der Waals surface area (Å²) in [6.45, 7) is 2.19. The zero-order chi connectivity index (χ0) is 19.3. The number of carbonyl (C=O) groups is 1. The van der Waals surface area contributed by atoms with E-state index in [-0.39, 0.29) is 12.0 Å². The molecular formula is C22H25N3O3. The fourth-order valence-corrected chi connectivity index (χ4v) is 3.47. The second-order valence-electron chi connectivity index (χ2n) is 7.19. The number of pyridine rings is 1. The van der Waals surface area contributed by atoms with Gasteiger partial charge < -0.3 is 19.2 Å². The smallest absolute Gasteiger partial charge is 0.253 e. The minimum atomic E-state index is -0.450. The van der Waals surface area contributed by atoms with Crippen LogP contribution in [0.5, 0.6) is 5.75 Å². The van der Waals surface area contributed by atoms with Crippen LogP contribution in [0.2, 0.25) is 0 Å². The van der Waals surface area contributed by atoms with E-state index in [2.05, 4.69) is 10.3 Å². The monoisotopic (exact) mass is 379 g/mol. The van der Waals surface area contributed by atoms with Crippen LogP contribution in [-0.2, 0) is 16.1 Å². The van der Waals surface area contributed by atoms with E-state index in [1.165, 1.54) is 12.8 Å². The molecule has 4 rings (SSSR count). The van der Waals surface area contributed by atoms with Crippen molar-refractivity contribution in [2.45, 2.75) is 51.4 Å². The molecule has 1 unspecified atom stereocenters. The normalized spacial score (nSPS) is 15.6. The number of hydrogen-bond acceptors (Lipinski definition) is 4. The summed E-state index contributed by atoms with van der Waals surface area (Å²) in [5.41, 5.74) is 2.49. The molecule has 0 bridgehead atoms. The number of fused-ring (bicyclic) bond motifs is 1. The van der Waals surface area contributed by atoms with Gasteiger partial charge in [-0.2, -0.15) is 0 Å². The molecule has 1 aromatic carbocycles. The summed E-state index contributed by atoms with van der Waals surface area (Å²) in [5.74, 6) is 0.607. The van der Waals surface area contributed by atoms with Crippen molar-refractivity contribution in [3.63, 3.8) is 0 Å². The standard InChI is InChI=1S/C22H25N3O3/c1-16(28-20-6-2-3-7-20)22(26)24-17-9-11-19(12-10-17)27-15-18-14-25-13-5-4-8-21(25)23-18/h4-5,8-14,16,20H,2-3,6-7,15H2,1H3,(H,24,26). The molecule has 0 saturated heterocycles. The summed E-state index contributed by atoms with van der Waals surface area (Å²) in [6, 6.07) is 13.2. The first-order valence-corrected chi connectivity index (χ1v) is 9.79. The summed E-state index contributed by atoms with van der Waals surface area (Å²) >= 11 is 0. The van der Waals surface area contributed by atoms with Gasteiger partial charge in [-0.15, -0.1) is 0 Å². The SMILES string of the molecule is CC(OC1CCCC1)C(=O)Nc1ccc(OCc2cn3ccccc3n2)cc1. The van der Waals surface area contributed by atoms with Gasteiger partial charge in [-0.3, -0.25) is 4.79 Å². The first kappa shape index (κ1) is 18.5. The Morgan fingerprint density at radius 1 is 1.21 bits per heavy atom. The Hall–Kier alpha value is -2.86. The molecule has 28 heavy (non-hydrogen) atoms. The van der Waals surface area contributed by atoms with Gasteiger partial charge in [0.15, 0.2) is 0 Å². The minimum absolute atomic E-state index is 0.120. The number of hydrogen-bond donors (Lipinski definition) is 1. The Labute approximate surface area is 164 Å². The Morgan fingerprint density at radius 3 is 2.75 bits per heavy atom. The quantitative estimate of drug-likeness (QED) is 0.668. The van der Waals surface area contributed by atoms with E-state index >= 15 is 0 Å². The predicted octanol–water partition coefficient (Wildman–Crippen LogP) is 4.20. The molecule has 1 aliphatic carbocycles. The van der Waals surface area contributed by atoms with Crippen LogP contribution in [0.3, 0.4) is 0 Å². The maximum absolute atomic E-state index is 12.3. The van der Waals surface area contributed by atoms with Crippen molar-refractivity contribution in [3.05, 3.63) is 60.6 Å². The van der Waals surface area contributed by atoms with Gasteiger partial charge in [0.2, 0.25) is 0 Å². The van der Waals surface area contributed by atoms with Gasteiger partial charge >= 0.3 is 0 Å². The van der Waals surface area contributed by atoms with E-state index in [1.54, 1.807) is 6.92 Å². The second kappa shape index (κ2) is 8.44. The lowest BCUT2D eigenvalue weighted by Crippen LogP contribution is -2.30. The maximum atomic E-state index is 12.3. The molecule has 0 aliphatic heterocycles. The Kier molecular flexibility index (Phi) is 5.58. The van der Waals surface area contributed by atoms with E-state index in [9.17, 15) is 4.79 Å². The number of anilines is 1. The van der Waals surface area contributed by atoms with Gasteiger partial charge in [0, 0.05) is 18.1 Å². The first-order chi connectivity index (χ1) is 13.7. The van der Waals surface area contributed by atoms with Gasteiger partial charge in [-0.1, -0.05) is 18.9 Å². The minimum Gasteiger partial charge on any atom is -0.487 e. The predicted molar refractivity (Wildman–Crippen MR) is 107 cm³/mol. The Balaban J connectivity index is 1.28. The molecule has 1 aliphatic rings. The molecule has 1 amide bonds. The van der Waals surface area contributed by atoms with Crippen LogP contribution in [-0.4, -0.2) is 27.5 Å². The molecule has 0 radical (unpaired) electrons. The molecular weight excluding hydrogens is 354 g/mol. The number of carbonyl (C=O) groups excluding carboxylic acids is 1. The zero-order valence-electron chi connectivity index (χ0n) is 16.0. The third kappa shape index (κ3) is 4.51. The van der Waals surface area contributed by atoms with Crippen LogP contribution in [0, 0.1) is 0 Å². The molecule has 2 heterocycles. The average Bonchev–Trinajstić information content (AvgIpc) is 3.36. The van der Waals surface area contributed by atoms with Crippen molar-refractivity contribution < 1.29 is 14.3 Å². The van der Waals surface area contributed by atoms with E-state index in [0.717, 1.165) is 35.6 Å². The number of ether oxygens (including phenoxy) is 2. The van der Waals surface area contributed by atoms with Gasteiger partial charge in [0.25, 0.3) is 5.91 Å². The van der Waals surface area contributed by atoms with Crippen molar-refractivity contribution in [3.8, 4) is 5.75 Å². The molecule has 1 atom stereocenters. The molecule has 1 saturated carbocycles. The van der Waals surface area contributed by atoms with Crippen LogP contribution in [0.15, 0.2) is 54.9 Å². The van der Waals surface area contributed by atoms with Gasteiger partial charge in [0.1, 0.15) is 24.1 Å². The summed E-state index contributed by atoms with van der Waals surface area (Å²) in [6.07, 6.45) is 8.16. The second-order valence-corrected chi connectivity index (χ2v) is 7.19. The van der Waals surface area contributed by atoms with E-state index in [1.807, 2.05) is 59.3 Å². The first-order valence-electron chi connectivity index (χ1n) is 9.79.